The highest BCUT2D eigenvalue weighted by Crippen LogP contribution is 2.55. The van der Waals surface area contributed by atoms with Crippen molar-refractivity contribution in [3.05, 3.63) is 174 Å². The minimum Gasteiger partial charge on any atom is -0.456 e. The molecule has 8 aromatic rings. The summed E-state index contributed by atoms with van der Waals surface area (Å²) in [5, 5.41) is 2.29. The number of furan rings is 1. The molecule has 2 heteroatoms. The molecule has 0 bridgehead atoms. The fourth-order valence-electron chi connectivity index (χ4n) is 8.99. The Labute approximate surface area is 293 Å². The van der Waals surface area contributed by atoms with Crippen molar-refractivity contribution in [1.82, 2.24) is 0 Å². The van der Waals surface area contributed by atoms with E-state index in [1.165, 1.54) is 50.2 Å². The minimum atomic E-state index is -0.170. The fourth-order valence-corrected chi connectivity index (χ4v) is 8.99. The maximum absolute atomic E-state index is 6.31. The van der Waals surface area contributed by atoms with Crippen LogP contribution in [0.3, 0.4) is 0 Å². The van der Waals surface area contributed by atoms with Crippen molar-refractivity contribution in [1.29, 1.82) is 0 Å². The first-order valence-corrected chi connectivity index (χ1v) is 17.6. The van der Waals surface area contributed by atoms with Gasteiger partial charge in [0.15, 0.2) is 0 Å². The SMILES string of the molecule is CC1(C)c2ccccc2-c2ccc(N(c3cccc(-c4ccc5c(c4)oc4ccccc45)c3)c3cccc4c3C(C)(C)c3ccccc3-4)cc21. The fraction of sp³-hybridized carbons (Fsp3) is 0.125. The van der Waals surface area contributed by atoms with Crippen molar-refractivity contribution < 1.29 is 4.42 Å². The van der Waals surface area contributed by atoms with Crippen molar-refractivity contribution in [3.8, 4) is 33.4 Å². The maximum atomic E-state index is 6.31. The van der Waals surface area contributed by atoms with Crippen molar-refractivity contribution in [2.45, 2.75) is 38.5 Å². The van der Waals surface area contributed by atoms with Gasteiger partial charge < -0.3 is 9.32 Å². The van der Waals surface area contributed by atoms with E-state index in [1.54, 1.807) is 0 Å². The van der Waals surface area contributed by atoms with E-state index in [4.69, 9.17) is 4.42 Å². The van der Waals surface area contributed by atoms with Crippen molar-refractivity contribution in [3.63, 3.8) is 0 Å². The number of anilines is 3. The third-order valence-electron chi connectivity index (χ3n) is 11.4. The lowest BCUT2D eigenvalue weighted by Gasteiger charge is -2.33. The van der Waals surface area contributed by atoms with Crippen LogP contribution >= 0.6 is 0 Å². The van der Waals surface area contributed by atoms with E-state index >= 15 is 0 Å². The summed E-state index contributed by atoms with van der Waals surface area (Å²) < 4.78 is 6.31. The third-order valence-corrected chi connectivity index (χ3v) is 11.4. The van der Waals surface area contributed by atoms with E-state index in [2.05, 4.69) is 172 Å². The summed E-state index contributed by atoms with van der Waals surface area (Å²) in [5.74, 6) is 0. The van der Waals surface area contributed by atoms with Crippen LogP contribution in [0.5, 0.6) is 0 Å². The van der Waals surface area contributed by atoms with E-state index in [0.717, 1.165) is 44.4 Å². The molecule has 0 unspecified atom stereocenters. The molecule has 0 radical (unpaired) electrons. The summed E-state index contributed by atoms with van der Waals surface area (Å²) in [5.41, 5.74) is 18.1. The molecular formula is C48H37NO. The zero-order valence-corrected chi connectivity index (χ0v) is 28.8. The van der Waals surface area contributed by atoms with Crippen LogP contribution in [0, 0.1) is 0 Å². The Morgan fingerprint density at radius 2 is 1.04 bits per heavy atom. The molecule has 1 aromatic heterocycles. The van der Waals surface area contributed by atoms with Crippen LogP contribution in [0.2, 0.25) is 0 Å². The zero-order valence-electron chi connectivity index (χ0n) is 28.8. The monoisotopic (exact) mass is 643 g/mol. The molecule has 0 fully saturated rings. The average molecular weight is 644 g/mol. The van der Waals surface area contributed by atoms with E-state index < -0.39 is 0 Å². The Balaban J connectivity index is 1.18. The standard InChI is InChI=1S/C48H37NO/c1-47(2)40-19-8-5-15-34(40)36-26-24-33(29-42(36)47)49(43-21-12-18-39-35-16-6-9-20-41(35)48(3,4)46(39)43)32-14-11-13-30(27-32)31-23-25-38-37-17-7-10-22-44(37)50-45(38)28-31/h5-29H,1-4H3. The third kappa shape index (κ3) is 4.02. The van der Waals surface area contributed by atoms with Gasteiger partial charge in [0.25, 0.3) is 0 Å². The van der Waals surface area contributed by atoms with Gasteiger partial charge in [-0.3, -0.25) is 0 Å². The van der Waals surface area contributed by atoms with Gasteiger partial charge in [0.2, 0.25) is 0 Å². The Bertz CT molecular complexity index is 2670. The molecule has 0 aliphatic heterocycles. The molecule has 10 rings (SSSR count). The molecule has 0 atom stereocenters. The summed E-state index contributed by atoms with van der Waals surface area (Å²) >= 11 is 0. The molecule has 0 saturated heterocycles. The smallest absolute Gasteiger partial charge is 0.136 e. The molecule has 2 nitrogen and oxygen atoms in total. The highest BCUT2D eigenvalue weighted by Gasteiger charge is 2.40. The Morgan fingerprint density at radius 3 is 1.88 bits per heavy atom. The predicted molar refractivity (Wildman–Crippen MR) is 209 cm³/mol. The number of hydrogen-bond donors (Lipinski definition) is 0. The Hall–Kier alpha value is -5.86. The first-order chi connectivity index (χ1) is 24.3. The lowest BCUT2D eigenvalue weighted by atomic mass is 9.81. The second kappa shape index (κ2) is 10.3. The minimum absolute atomic E-state index is 0.106. The van der Waals surface area contributed by atoms with Gasteiger partial charge in [-0.05, 0) is 104 Å². The van der Waals surface area contributed by atoms with Crippen LogP contribution in [0.25, 0.3) is 55.3 Å². The molecule has 50 heavy (non-hydrogen) atoms. The van der Waals surface area contributed by atoms with E-state index in [0.29, 0.717) is 0 Å². The molecule has 7 aromatic carbocycles. The summed E-state index contributed by atoms with van der Waals surface area (Å²) in [6.45, 7) is 9.47. The summed E-state index contributed by atoms with van der Waals surface area (Å²) in [6, 6.07) is 55.6. The molecule has 0 saturated carbocycles. The van der Waals surface area contributed by atoms with Crippen LogP contribution in [-0.4, -0.2) is 0 Å². The molecule has 2 aliphatic rings. The number of para-hydroxylation sites is 1. The van der Waals surface area contributed by atoms with Crippen LogP contribution in [-0.2, 0) is 10.8 Å². The highest BCUT2D eigenvalue weighted by molar-refractivity contribution is 6.06. The van der Waals surface area contributed by atoms with Gasteiger partial charge in [0.1, 0.15) is 11.2 Å². The Morgan fingerprint density at radius 1 is 0.420 bits per heavy atom. The topological polar surface area (TPSA) is 16.4 Å². The van der Waals surface area contributed by atoms with Crippen molar-refractivity contribution in [2.75, 3.05) is 4.90 Å². The number of nitrogens with zero attached hydrogens (tertiary/aromatic N) is 1. The quantitative estimate of drug-likeness (QED) is 0.190. The molecule has 1 heterocycles. The average Bonchev–Trinajstić information content (AvgIpc) is 3.72. The molecule has 2 aliphatic carbocycles. The number of hydrogen-bond acceptors (Lipinski definition) is 2. The molecular weight excluding hydrogens is 607 g/mol. The van der Waals surface area contributed by atoms with E-state index in [1.807, 2.05) is 12.1 Å². The zero-order chi connectivity index (χ0) is 33.8. The van der Waals surface area contributed by atoms with Crippen LogP contribution in [0.15, 0.2) is 156 Å². The second-order valence-corrected chi connectivity index (χ2v) is 15.0. The number of fused-ring (bicyclic) bond motifs is 9. The van der Waals surface area contributed by atoms with E-state index in [-0.39, 0.29) is 10.8 Å². The Kier molecular flexibility index (Phi) is 6.01. The molecule has 0 amide bonds. The van der Waals surface area contributed by atoms with Crippen LogP contribution < -0.4 is 4.90 Å². The van der Waals surface area contributed by atoms with Crippen molar-refractivity contribution in [2.24, 2.45) is 0 Å². The summed E-state index contributed by atoms with van der Waals surface area (Å²) in [6.07, 6.45) is 0. The largest absolute Gasteiger partial charge is 0.456 e. The van der Waals surface area contributed by atoms with Gasteiger partial charge in [-0.2, -0.15) is 0 Å². The summed E-state index contributed by atoms with van der Waals surface area (Å²) in [4.78, 5) is 2.50. The molecule has 240 valence electrons. The van der Waals surface area contributed by atoms with Gasteiger partial charge in [0, 0.05) is 33.0 Å². The van der Waals surface area contributed by atoms with Gasteiger partial charge >= 0.3 is 0 Å². The number of rotatable bonds is 4. The summed E-state index contributed by atoms with van der Waals surface area (Å²) in [7, 11) is 0. The second-order valence-electron chi connectivity index (χ2n) is 15.0. The number of benzene rings is 7. The lowest BCUT2D eigenvalue weighted by Crippen LogP contribution is -2.21. The first kappa shape index (κ1) is 29.1. The van der Waals surface area contributed by atoms with Gasteiger partial charge in [-0.1, -0.05) is 131 Å². The molecule has 0 N–H and O–H groups in total. The van der Waals surface area contributed by atoms with Gasteiger partial charge in [0.05, 0.1) is 5.69 Å². The first-order valence-electron chi connectivity index (χ1n) is 17.6. The van der Waals surface area contributed by atoms with Gasteiger partial charge in [-0.25, -0.2) is 0 Å². The van der Waals surface area contributed by atoms with Gasteiger partial charge in [-0.15, -0.1) is 0 Å². The molecule has 0 spiro atoms. The maximum Gasteiger partial charge on any atom is 0.136 e. The van der Waals surface area contributed by atoms with Crippen LogP contribution in [0.1, 0.15) is 49.9 Å². The normalized spacial score (nSPS) is 14.7. The highest BCUT2D eigenvalue weighted by atomic mass is 16.3. The van der Waals surface area contributed by atoms with Crippen LogP contribution in [0.4, 0.5) is 17.1 Å². The van der Waals surface area contributed by atoms with E-state index in [9.17, 15) is 0 Å². The van der Waals surface area contributed by atoms with Crippen molar-refractivity contribution >= 4 is 39.0 Å². The predicted octanol–water partition coefficient (Wildman–Crippen LogP) is 13.3. The lowest BCUT2D eigenvalue weighted by molar-refractivity contribution is 0.658.